The number of aromatic nitrogens is 1. The number of rotatable bonds is 3. The van der Waals surface area contributed by atoms with Gasteiger partial charge in [0.2, 0.25) is 11.8 Å². The Bertz CT molecular complexity index is 797. The number of amides is 1. The molecule has 0 atom stereocenters. The van der Waals surface area contributed by atoms with Crippen molar-refractivity contribution >= 4 is 34.3 Å². The van der Waals surface area contributed by atoms with Gasteiger partial charge in [0.25, 0.3) is 0 Å². The summed E-state index contributed by atoms with van der Waals surface area (Å²) in [5.41, 5.74) is 3.92. The summed E-state index contributed by atoms with van der Waals surface area (Å²) >= 11 is 5.50. The number of halogens is 1. The molecule has 0 aliphatic rings. The molecular formula is C16H13ClN2O2. The minimum atomic E-state index is -0.248. The molecular weight excluding hydrogens is 288 g/mol. The molecule has 5 heteroatoms. The second kappa shape index (κ2) is 5.58. The van der Waals surface area contributed by atoms with Gasteiger partial charge in [0, 0.05) is 11.3 Å². The Kier molecular flexibility index (Phi) is 3.62. The van der Waals surface area contributed by atoms with E-state index in [2.05, 4.69) is 10.3 Å². The van der Waals surface area contributed by atoms with Crippen LogP contribution in [0.4, 0.5) is 5.69 Å². The van der Waals surface area contributed by atoms with E-state index in [0.29, 0.717) is 17.1 Å². The molecule has 0 aliphatic heterocycles. The summed E-state index contributed by atoms with van der Waals surface area (Å²) < 4.78 is 5.82. The second-order valence-corrected chi connectivity index (χ2v) is 4.98. The number of carbonyl (C=O) groups excluding carboxylic acids is 1. The van der Waals surface area contributed by atoms with Crippen molar-refractivity contribution in [2.75, 3.05) is 11.2 Å². The average molecular weight is 301 g/mol. The van der Waals surface area contributed by atoms with Crippen LogP contribution in [0.1, 0.15) is 5.56 Å². The number of aryl methyl sites for hydroxylation is 1. The van der Waals surface area contributed by atoms with Gasteiger partial charge in [-0.05, 0) is 36.8 Å². The first-order valence-electron chi connectivity index (χ1n) is 6.50. The summed E-state index contributed by atoms with van der Waals surface area (Å²) in [6, 6.07) is 13.3. The van der Waals surface area contributed by atoms with Crippen molar-refractivity contribution in [3.05, 3.63) is 48.0 Å². The molecule has 1 amide bonds. The van der Waals surface area contributed by atoms with Crippen molar-refractivity contribution in [1.82, 2.24) is 4.98 Å². The highest BCUT2D eigenvalue weighted by Crippen LogP contribution is 2.28. The van der Waals surface area contributed by atoms with Crippen LogP contribution in [0.5, 0.6) is 0 Å². The van der Waals surface area contributed by atoms with Gasteiger partial charge in [-0.3, -0.25) is 4.79 Å². The van der Waals surface area contributed by atoms with E-state index >= 15 is 0 Å². The number of nitrogens with one attached hydrogen (secondary N) is 1. The molecule has 1 N–H and O–H groups in total. The minimum Gasteiger partial charge on any atom is -0.436 e. The van der Waals surface area contributed by atoms with Gasteiger partial charge < -0.3 is 9.73 Å². The lowest BCUT2D eigenvalue weighted by Gasteiger charge is -2.03. The number of nitrogens with zero attached hydrogens (tertiary/aromatic N) is 1. The standard InChI is InChI=1S/C16H13ClN2O2/c1-10-7-12(18-14(20)9-17)8-13-15(10)21-16(19-13)11-5-3-2-4-6-11/h2-8H,9H2,1H3,(H,18,20). The normalized spacial score (nSPS) is 10.8. The first-order chi connectivity index (χ1) is 10.2. The van der Waals surface area contributed by atoms with E-state index in [1.807, 2.05) is 43.3 Å². The van der Waals surface area contributed by atoms with Crippen LogP contribution >= 0.6 is 11.6 Å². The van der Waals surface area contributed by atoms with Crippen LogP contribution in [0, 0.1) is 6.92 Å². The smallest absolute Gasteiger partial charge is 0.239 e. The number of hydrogen-bond donors (Lipinski definition) is 1. The molecule has 21 heavy (non-hydrogen) atoms. The Morgan fingerprint density at radius 3 is 2.76 bits per heavy atom. The SMILES string of the molecule is Cc1cc(NC(=O)CCl)cc2nc(-c3ccccc3)oc12. The molecule has 3 rings (SSSR count). The Morgan fingerprint density at radius 2 is 2.05 bits per heavy atom. The van der Waals surface area contributed by atoms with Gasteiger partial charge in [-0.15, -0.1) is 11.6 Å². The summed E-state index contributed by atoms with van der Waals surface area (Å²) in [7, 11) is 0. The van der Waals surface area contributed by atoms with E-state index in [9.17, 15) is 4.79 Å². The molecule has 3 aromatic rings. The molecule has 0 aliphatic carbocycles. The molecule has 0 fully saturated rings. The largest absolute Gasteiger partial charge is 0.436 e. The Hall–Kier alpha value is -2.33. The third-order valence-corrected chi connectivity index (χ3v) is 3.34. The van der Waals surface area contributed by atoms with Gasteiger partial charge in [0.15, 0.2) is 5.58 Å². The number of anilines is 1. The number of fused-ring (bicyclic) bond motifs is 1. The fraction of sp³-hybridized carbons (Fsp3) is 0.125. The topological polar surface area (TPSA) is 55.1 Å². The van der Waals surface area contributed by atoms with Crippen LogP contribution in [0.2, 0.25) is 0 Å². The first-order valence-corrected chi connectivity index (χ1v) is 7.03. The van der Waals surface area contributed by atoms with Crippen molar-refractivity contribution < 1.29 is 9.21 Å². The number of carbonyl (C=O) groups is 1. The van der Waals surface area contributed by atoms with Crippen LogP contribution in [-0.2, 0) is 4.79 Å². The van der Waals surface area contributed by atoms with E-state index in [-0.39, 0.29) is 11.8 Å². The van der Waals surface area contributed by atoms with E-state index in [1.165, 1.54) is 0 Å². The molecule has 106 valence electrons. The minimum absolute atomic E-state index is 0.0782. The third kappa shape index (κ3) is 2.76. The van der Waals surface area contributed by atoms with Crippen molar-refractivity contribution in [3.8, 4) is 11.5 Å². The third-order valence-electron chi connectivity index (χ3n) is 3.10. The van der Waals surface area contributed by atoms with Gasteiger partial charge >= 0.3 is 0 Å². The van der Waals surface area contributed by atoms with Crippen molar-refractivity contribution in [2.24, 2.45) is 0 Å². The fourth-order valence-corrected chi connectivity index (χ4v) is 2.24. The Morgan fingerprint density at radius 1 is 1.29 bits per heavy atom. The van der Waals surface area contributed by atoms with Crippen LogP contribution < -0.4 is 5.32 Å². The highest BCUT2D eigenvalue weighted by Gasteiger charge is 2.12. The first kappa shape index (κ1) is 13.6. The van der Waals surface area contributed by atoms with Gasteiger partial charge in [-0.1, -0.05) is 18.2 Å². The highest BCUT2D eigenvalue weighted by molar-refractivity contribution is 6.29. The molecule has 0 radical (unpaired) electrons. The number of oxazole rings is 1. The maximum Gasteiger partial charge on any atom is 0.239 e. The maximum atomic E-state index is 11.4. The molecule has 1 heterocycles. The van der Waals surface area contributed by atoms with E-state index in [4.69, 9.17) is 16.0 Å². The lowest BCUT2D eigenvalue weighted by atomic mass is 10.2. The summed E-state index contributed by atoms with van der Waals surface area (Å²) in [4.78, 5) is 15.9. The quantitative estimate of drug-likeness (QED) is 0.744. The zero-order chi connectivity index (χ0) is 14.8. The summed E-state index contributed by atoms with van der Waals surface area (Å²) in [5.74, 6) is 0.238. The Balaban J connectivity index is 2.05. The van der Waals surface area contributed by atoms with Crippen LogP contribution in [0.3, 0.4) is 0 Å². The molecule has 1 aromatic heterocycles. The number of alkyl halides is 1. The van der Waals surface area contributed by atoms with E-state index in [1.54, 1.807) is 6.07 Å². The maximum absolute atomic E-state index is 11.4. The zero-order valence-electron chi connectivity index (χ0n) is 11.4. The highest BCUT2D eigenvalue weighted by atomic mass is 35.5. The fourth-order valence-electron chi connectivity index (χ4n) is 2.17. The summed E-state index contributed by atoms with van der Waals surface area (Å²) in [6.07, 6.45) is 0. The summed E-state index contributed by atoms with van der Waals surface area (Å²) in [6.45, 7) is 1.92. The zero-order valence-corrected chi connectivity index (χ0v) is 12.1. The average Bonchev–Trinajstić information content (AvgIpc) is 2.92. The van der Waals surface area contributed by atoms with Gasteiger partial charge in [0.05, 0.1) is 0 Å². The number of hydrogen-bond acceptors (Lipinski definition) is 3. The van der Waals surface area contributed by atoms with Gasteiger partial charge in [-0.25, -0.2) is 4.98 Å². The molecule has 4 nitrogen and oxygen atoms in total. The molecule has 0 bridgehead atoms. The van der Waals surface area contributed by atoms with Crippen molar-refractivity contribution in [2.45, 2.75) is 6.92 Å². The van der Waals surface area contributed by atoms with Crippen molar-refractivity contribution in [1.29, 1.82) is 0 Å². The van der Waals surface area contributed by atoms with Gasteiger partial charge in [-0.2, -0.15) is 0 Å². The van der Waals surface area contributed by atoms with Crippen LogP contribution in [-0.4, -0.2) is 16.8 Å². The predicted molar refractivity (Wildman–Crippen MR) is 83.5 cm³/mol. The second-order valence-electron chi connectivity index (χ2n) is 4.71. The lowest BCUT2D eigenvalue weighted by molar-refractivity contribution is -0.113. The molecule has 0 saturated heterocycles. The molecule has 0 saturated carbocycles. The molecule has 2 aromatic carbocycles. The lowest BCUT2D eigenvalue weighted by Crippen LogP contribution is -2.12. The van der Waals surface area contributed by atoms with E-state index in [0.717, 1.165) is 16.7 Å². The predicted octanol–water partition coefficient (Wildman–Crippen LogP) is 3.98. The van der Waals surface area contributed by atoms with Gasteiger partial charge in [0.1, 0.15) is 11.4 Å². The monoisotopic (exact) mass is 300 g/mol. The van der Waals surface area contributed by atoms with Crippen LogP contribution in [0.15, 0.2) is 46.9 Å². The van der Waals surface area contributed by atoms with Crippen LogP contribution in [0.25, 0.3) is 22.6 Å². The van der Waals surface area contributed by atoms with E-state index < -0.39 is 0 Å². The number of benzene rings is 2. The Labute approximate surface area is 126 Å². The molecule has 0 spiro atoms. The summed E-state index contributed by atoms with van der Waals surface area (Å²) in [5, 5.41) is 2.72. The van der Waals surface area contributed by atoms with Crippen molar-refractivity contribution in [3.63, 3.8) is 0 Å². The molecule has 0 unspecified atom stereocenters.